The van der Waals surface area contributed by atoms with Gasteiger partial charge >= 0.3 is 10.4 Å². The molecule has 170 valence electrons. The lowest BCUT2D eigenvalue weighted by molar-refractivity contribution is 0.164. The van der Waals surface area contributed by atoms with Gasteiger partial charge in [-0.25, -0.2) is 24.4 Å². The lowest BCUT2D eigenvalue weighted by atomic mass is 10.1. The molecule has 0 aliphatic rings. The van der Waals surface area contributed by atoms with Crippen molar-refractivity contribution in [1.82, 2.24) is 0 Å². The van der Waals surface area contributed by atoms with Crippen molar-refractivity contribution in [2.45, 2.75) is 0 Å². The molecule has 1 aromatic carbocycles. The SMILES string of the molecule is [C-]#[N+]/C(C#N)=c1/cc(OCCOS(=O)(=O)O)/c(=C(\C#N)[N+]#[C-])cc1OCCOS(O)(O)O. The first-order valence-corrected chi connectivity index (χ1v) is 10.8. The van der Waals surface area contributed by atoms with E-state index in [4.69, 9.17) is 40.8 Å². The van der Waals surface area contributed by atoms with Crippen molar-refractivity contribution in [2.24, 2.45) is 0 Å². The maximum atomic E-state index is 10.6. The van der Waals surface area contributed by atoms with E-state index in [9.17, 15) is 18.9 Å². The van der Waals surface area contributed by atoms with E-state index in [2.05, 4.69) is 18.1 Å². The Bertz CT molecular complexity index is 1210. The zero-order valence-corrected chi connectivity index (χ0v) is 17.5. The largest absolute Gasteiger partial charge is 0.492 e. The predicted octanol–water partition coefficient (Wildman–Crippen LogP) is 0.521. The van der Waals surface area contributed by atoms with Crippen LogP contribution in [0.3, 0.4) is 0 Å². The summed E-state index contributed by atoms with van der Waals surface area (Å²) in [6, 6.07) is 5.44. The van der Waals surface area contributed by atoms with Crippen molar-refractivity contribution in [1.29, 1.82) is 10.5 Å². The number of nitriles is 2. The van der Waals surface area contributed by atoms with E-state index >= 15 is 0 Å². The Hall–Kier alpha value is -3.42. The minimum atomic E-state index is -4.73. The van der Waals surface area contributed by atoms with Gasteiger partial charge in [0.25, 0.3) is 11.4 Å². The Morgan fingerprint density at radius 3 is 1.56 bits per heavy atom. The first-order chi connectivity index (χ1) is 15.0. The van der Waals surface area contributed by atoms with Gasteiger partial charge in [0.1, 0.15) is 37.9 Å². The average Bonchev–Trinajstić information content (AvgIpc) is 2.70. The van der Waals surface area contributed by atoms with Crippen LogP contribution in [0.2, 0.25) is 0 Å². The molecule has 0 bridgehead atoms. The lowest BCUT2D eigenvalue weighted by Crippen LogP contribution is -2.22. The highest BCUT2D eigenvalue weighted by molar-refractivity contribution is 8.15. The van der Waals surface area contributed by atoms with Crippen molar-refractivity contribution in [3.63, 3.8) is 0 Å². The second-order valence-corrected chi connectivity index (χ2v) is 7.49. The van der Waals surface area contributed by atoms with E-state index < -0.39 is 59.4 Å². The van der Waals surface area contributed by atoms with Crippen molar-refractivity contribution in [2.75, 3.05) is 26.4 Å². The third-order valence-electron chi connectivity index (χ3n) is 3.18. The maximum absolute atomic E-state index is 10.6. The summed E-state index contributed by atoms with van der Waals surface area (Å²) < 4.78 is 75.2. The zero-order valence-electron chi connectivity index (χ0n) is 15.8. The fourth-order valence-corrected chi connectivity index (χ4v) is 2.62. The third kappa shape index (κ3) is 8.75. The first-order valence-electron chi connectivity index (χ1n) is 7.96. The van der Waals surface area contributed by atoms with Crippen LogP contribution in [0.1, 0.15) is 0 Å². The minimum Gasteiger partial charge on any atom is -0.492 e. The third-order valence-corrected chi connectivity index (χ3v) is 4.13. The molecule has 0 spiro atoms. The molecule has 0 aliphatic heterocycles. The molecule has 1 aromatic rings. The molecule has 0 saturated heterocycles. The number of ether oxygens (including phenoxy) is 2. The first kappa shape index (κ1) is 26.6. The van der Waals surface area contributed by atoms with Gasteiger partial charge in [-0.1, -0.05) is 0 Å². The van der Waals surface area contributed by atoms with Gasteiger partial charge in [0.15, 0.2) is 0 Å². The van der Waals surface area contributed by atoms with E-state index in [1.165, 1.54) is 0 Å². The standard InChI is InChI=1S/C16H14N4O10S2/c1-19-13(9-17)11-7-16(28-4-6-30-32(24,25)26)12(14(10-18)20-2)8-15(11)27-3-5-29-31(21,22)23/h7-8,21-23H,3-6H2,(H,24,25,26)/b13-11-,14-12+. The molecule has 32 heavy (non-hydrogen) atoms. The normalized spacial score (nSPS) is 13.5. The summed E-state index contributed by atoms with van der Waals surface area (Å²) in [4.78, 5) is 6.08. The molecule has 0 atom stereocenters. The molecule has 0 unspecified atom stereocenters. The smallest absolute Gasteiger partial charge is 0.397 e. The Morgan fingerprint density at radius 2 is 1.25 bits per heavy atom. The molecular weight excluding hydrogens is 472 g/mol. The number of hydrogen-bond donors (Lipinski definition) is 4. The number of rotatable bonds is 10. The molecule has 0 fully saturated rings. The zero-order chi connectivity index (χ0) is 24.4. The highest BCUT2D eigenvalue weighted by atomic mass is 32.3. The Kier molecular flexibility index (Phi) is 9.84. The monoisotopic (exact) mass is 486 g/mol. The highest BCUT2D eigenvalue weighted by Crippen LogP contribution is 2.33. The van der Waals surface area contributed by atoms with Gasteiger partial charge in [-0.3, -0.25) is 22.4 Å². The van der Waals surface area contributed by atoms with Crippen LogP contribution in [0, 0.1) is 35.8 Å². The van der Waals surface area contributed by atoms with E-state index in [0.29, 0.717) is 0 Å². The van der Waals surface area contributed by atoms with Crippen molar-refractivity contribution in [3.8, 4) is 23.6 Å². The van der Waals surface area contributed by atoms with Gasteiger partial charge in [0.2, 0.25) is 11.2 Å². The van der Waals surface area contributed by atoms with Crippen LogP contribution in [-0.4, -0.2) is 53.1 Å². The van der Waals surface area contributed by atoms with E-state index in [0.717, 1.165) is 12.1 Å². The Balaban J connectivity index is 3.50. The van der Waals surface area contributed by atoms with Crippen LogP contribution < -0.4 is 19.9 Å². The predicted molar refractivity (Wildman–Crippen MR) is 107 cm³/mol. The molecule has 0 aliphatic carbocycles. The molecule has 0 radical (unpaired) electrons. The van der Waals surface area contributed by atoms with Crippen LogP contribution in [0.5, 0.6) is 11.5 Å². The summed E-state index contributed by atoms with van der Waals surface area (Å²) in [7, 11) is -4.73. The fourth-order valence-electron chi connectivity index (χ4n) is 2.05. The molecule has 0 aromatic heterocycles. The molecule has 14 nitrogen and oxygen atoms in total. The van der Waals surface area contributed by atoms with Crippen LogP contribution in [0.4, 0.5) is 0 Å². The summed E-state index contributed by atoms with van der Waals surface area (Å²) in [6.07, 6.45) is 0. The van der Waals surface area contributed by atoms with Gasteiger partial charge in [-0.2, -0.15) is 8.42 Å². The number of nitrogens with zero attached hydrogens (tertiary/aromatic N) is 4. The van der Waals surface area contributed by atoms with Crippen molar-refractivity contribution >= 4 is 32.9 Å². The Morgan fingerprint density at radius 1 is 0.844 bits per heavy atom. The molecule has 1 rings (SSSR count). The van der Waals surface area contributed by atoms with Crippen LogP contribution in [0.25, 0.3) is 21.1 Å². The summed E-state index contributed by atoms with van der Waals surface area (Å²) >= 11 is -4.24. The van der Waals surface area contributed by atoms with Gasteiger partial charge in [-0.15, -0.1) is 0 Å². The summed E-state index contributed by atoms with van der Waals surface area (Å²) in [6.45, 7) is 12.3. The van der Waals surface area contributed by atoms with Gasteiger partial charge < -0.3 is 9.47 Å². The topological polar surface area (TPSA) is 208 Å². The van der Waals surface area contributed by atoms with E-state index in [-0.39, 0.29) is 21.9 Å². The van der Waals surface area contributed by atoms with Gasteiger partial charge in [0.05, 0.1) is 25.3 Å². The highest BCUT2D eigenvalue weighted by Gasteiger charge is 2.14. The van der Waals surface area contributed by atoms with Crippen molar-refractivity contribution in [3.05, 3.63) is 45.4 Å². The number of hydrogen-bond acceptors (Lipinski definition) is 11. The fraction of sp³-hybridized carbons (Fsp3) is 0.250. The number of benzene rings is 1. The van der Waals surface area contributed by atoms with Crippen molar-refractivity contribution < 1.29 is 44.5 Å². The molecule has 0 heterocycles. The summed E-state index contributed by atoms with van der Waals surface area (Å²) in [5, 5.41) is 18.1. The van der Waals surface area contributed by atoms with E-state index in [1.807, 2.05) is 0 Å². The van der Waals surface area contributed by atoms with Crippen LogP contribution in [-0.2, 0) is 18.8 Å². The molecule has 0 amide bonds. The van der Waals surface area contributed by atoms with E-state index in [1.54, 1.807) is 12.1 Å². The lowest BCUT2D eigenvalue weighted by Gasteiger charge is -2.18. The van der Waals surface area contributed by atoms with Crippen LogP contribution >= 0.6 is 11.2 Å². The Labute approximate surface area is 183 Å². The van der Waals surface area contributed by atoms with Gasteiger partial charge in [0, 0.05) is 10.4 Å². The molecular formula is C16H14N4O10S2. The quantitative estimate of drug-likeness (QED) is 0.203. The molecule has 0 saturated carbocycles. The molecule has 4 N–H and O–H groups in total. The summed E-state index contributed by atoms with van der Waals surface area (Å²) in [5.74, 6) is -0.375. The summed E-state index contributed by atoms with van der Waals surface area (Å²) in [5.41, 5.74) is -0.950. The maximum Gasteiger partial charge on any atom is 0.397 e. The molecule has 16 heteroatoms. The van der Waals surface area contributed by atoms with Gasteiger partial charge in [-0.05, 0) is 12.1 Å². The van der Waals surface area contributed by atoms with Crippen LogP contribution in [0.15, 0.2) is 12.1 Å². The second-order valence-electron chi connectivity index (χ2n) is 5.23. The average molecular weight is 486 g/mol. The minimum absolute atomic E-state index is 0.130. The second kappa shape index (κ2) is 11.8.